The Balaban J connectivity index is 1.24. The van der Waals surface area contributed by atoms with E-state index in [0.29, 0.717) is 5.84 Å². The van der Waals surface area contributed by atoms with Crippen molar-refractivity contribution in [3.8, 4) is 28.2 Å². The third-order valence-corrected chi connectivity index (χ3v) is 8.77. The number of fused-ring (bicyclic) bond motifs is 9. The number of oxazole rings is 1. The molecule has 0 saturated carbocycles. The Bertz CT molecular complexity index is 2720. The van der Waals surface area contributed by atoms with Crippen LogP contribution in [0.25, 0.3) is 88.9 Å². The summed E-state index contributed by atoms with van der Waals surface area (Å²) in [6.07, 6.45) is 0. The first-order valence-corrected chi connectivity index (χ1v) is 14.7. The minimum absolute atomic E-state index is 0.586. The Labute approximate surface area is 250 Å². The van der Waals surface area contributed by atoms with Crippen LogP contribution < -0.4 is 0 Å². The normalized spacial score (nSPS) is 12.1. The highest BCUT2D eigenvalue weighted by Crippen LogP contribution is 2.40. The zero-order valence-electron chi connectivity index (χ0n) is 23.4. The molecule has 206 valence electrons. The van der Waals surface area contributed by atoms with E-state index in [1.165, 1.54) is 10.8 Å². The largest absolute Gasteiger partial charge is 0.456 e. The highest BCUT2D eigenvalue weighted by Gasteiger charge is 2.22. The summed E-state index contributed by atoms with van der Waals surface area (Å²) >= 11 is 0. The SMILES string of the molecule is c1ccc(-c2c(-c3ccc4c(c3)c3ccccc3n4-c3ccc4oc5ccccc5c4c3)nc3oc4ccccc4n23)cc1. The van der Waals surface area contributed by atoms with Gasteiger partial charge in [0.25, 0.3) is 0 Å². The Hall–Kier alpha value is -6.07. The van der Waals surface area contributed by atoms with Gasteiger partial charge >= 0.3 is 5.84 Å². The molecule has 6 aromatic carbocycles. The quantitative estimate of drug-likeness (QED) is 0.214. The van der Waals surface area contributed by atoms with E-state index in [4.69, 9.17) is 13.8 Å². The number of hydrogen-bond donors (Lipinski definition) is 0. The van der Waals surface area contributed by atoms with Crippen molar-refractivity contribution < 1.29 is 8.83 Å². The van der Waals surface area contributed by atoms with E-state index in [2.05, 4.69) is 112 Å². The van der Waals surface area contributed by atoms with Crippen molar-refractivity contribution in [1.82, 2.24) is 14.0 Å². The number of aromatic nitrogens is 3. The molecule has 44 heavy (non-hydrogen) atoms. The molecule has 10 aromatic rings. The number of rotatable bonds is 3. The second kappa shape index (κ2) is 8.72. The minimum Gasteiger partial charge on any atom is -0.456 e. The summed E-state index contributed by atoms with van der Waals surface area (Å²) in [5, 5.41) is 4.60. The molecule has 0 N–H and O–H groups in total. The fourth-order valence-corrected chi connectivity index (χ4v) is 6.83. The summed E-state index contributed by atoms with van der Waals surface area (Å²) in [7, 11) is 0. The average Bonchev–Trinajstić information content (AvgIpc) is 3.82. The van der Waals surface area contributed by atoms with Crippen LogP contribution in [-0.2, 0) is 0 Å². The molecule has 5 heteroatoms. The number of nitrogens with zero attached hydrogens (tertiary/aromatic N) is 3. The third kappa shape index (κ3) is 3.21. The lowest BCUT2D eigenvalue weighted by atomic mass is 10.0. The number of hydrogen-bond acceptors (Lipinski definition) is 3. The smallest absolute Gasteiger partial charge is 0.307 e. The summed E-state index contributed by atoms with van der Waals surface area (Å²) in [5.74, 6) is 0.586. The van der Waals surface area contributed by atoms with Gasteiger partial charge in [-0.25, -0.2) is 0 Å². The van der Waals surface area contributed by atoms with Gasteiger partial charge in [0.15, 0.2) is 5.58 Å². The Morgan fingerprint density at radius 1 is 0.455 bits per heavy atom. The van der Waals surface area contributed by atoms with Crippen LogP contribution in [0.4, 0.5) is 0 Å². The summed E-state index contributed by atoms with van der Waals surface area (Å²) < 4.78 is 16.9. The van der Waals surface area contributed by atoms with E-state index in [9.17, 15) is 0 Å². The zero-order valence-corrected chi connectivity index (χ0v) is 23.4. The highest BCUT2D eigenvalue weighted by molar-refractivity contribution is 6.12. The maximum Gasteiger partial charge on any atom is 0.307 e. The molecule has 0 radical (unpaired) electrons. The highest BCUT2D eigenvalue weighted by atomic mass is 16.4. The van der Waals surface area contributed by atoms with E-state index in [1.807, 2.05) is 36.4 Å². The van der Waals surface area contributed by atoms with Gasteiger partial charge in [0, 0.05) is 38.4 Å². The summed E-state index contributed by atoms with van der Waals surface area (Å²) in [6.45, 7) is 0. The van der Waals surface area contributed by atoms with Crippen LogP contribution >= 0.6 is 0 Å². The Morgan fingerprint density at radius 3 is 2.05 bits per heavy atom. The Kier molecular flexibility index (Phi) is 4.66. The van der Waals surface area contributed by atoms with Crippen LogP contribution in [0.1, 0.15) is 0 Å². The van der Waals surface area contributed by atoms with Gasteiger partial charge < -0.3 is 13.4 Å². The van der Waals surface area contributed by atoms with E-state index in [0.717, 1.165) is 72.3 Å². The van der Waals surface area contributed by atoms with Gasteiger partial charge in [0.05, 0.1) is 22.2 Å². The second-order valence-corrected chi connectivity index (χ2v) is 11.2. The van der Waals surface area contributed by atoms with Gasteiger partial charge in [-0.15, -0.1) is 0 Å². The maximum absolute atomic E-state index is 6.24. The molecule has 0 bridgehead atoms. The first kappa shape index (κ1) is 23.5. The maximum atomic E-state index is 6.24. The van der Waals surface area contributed by atoms with Crippen molar-refractivity contribution in [2.75, 3.05) is 0 Å². The van der Waals surface area contributed by atoms with Gasteiger partial charge in [-0.2, -0.15) is 4.98 Å². The predicted molar refractivity (Wildman–Crippen MR) is 177 cm³/mol. The molecule has 0 fully saturated rings. The van der Waals surface area contributed by atoms with Gasteiger partial charge in [0.2, 0.25) is 0 Å². The monoisotopic (exact) mass is 565 g/mol. The van der Waals surface area contributed by atoms with Crippen LogP contribution in [0.15, 0.2) is 148 Å². The molecule has 0 aliphatic carbocycles. The van der Waals surface area contributed by atoms with Crippen molar-refractivity contribution >= 4 is 60.7 Å². The van der Waals surface area contributed by atoms with Gasteiger partial charge in [-0.05, 0) is 54.6 Å². The van der Waals surface area contributed by atoms with Crippen LogP contribution in [-0.4, -0.2) is 14.0 Å². The molecule has 10 rings (SSSR count). The summed E-state index contributed by atoms with van der Waals surface area (Å²) in [6, 6.07) is 48.5. The fourth-order valence-electron chi connectivity index (χ4n) is 6.83. The summed E-state index contributed by atoms with van der Waals surface area (Å²) in [4.78, 5) is 5.08. The molecule has 0 atom stereocenters. The van der Waals surface area contributed by atoms with Crippen molar-refractivity contribution in [2.45, 2.75) is 0 Å². The zero-order chi connectivity index (χ0) is 28.8. The molecule has 4 heterocycles. The molecule has 0 aliphatic rings. The van der Waals surface area contributed by atoms with Crippen molar-refractivity contribution in [1.29, 1.82) is 0 Å². The number of benzene rings is 6. The van der Waals surface area contributed by atoms with E-state index in [-0.39, 0.29) is 0 Å². The lowest BCUT2D eigenvalue weighted by Crippen LogP contribution is -1.93. The van der Waals surface area contributed by atoms with Crippen LogP contribution in [0.5, 0.6) is 0 Å². The summed E-state index contributed by atoms with van der Waals surface area (Å²) in [5.41, 5.74) is 11.0. The van der Waals surface area contributed by atoms with Crippen molar-refractivity contribution in [3.05, 3.63) is 140 Å². The van der Waals surface area contributed by atoms with Crippen LogP contribution in [0.2, 0.25) is 0 Å². The molecular formula is C39H23N3O2. The third-order valence-electron chi connectivity index (χ3n) is 8.77. The minimum atomic E-state index is 0.586. The number of furan rings is 1. The second-order valence-electron chi connectivity index (χ2n) is 11.2. The molecule has 0 saturated heterocycles. The molecular weight excluding hydrogens is 542 g/mol. The fraction of sp³-hybridized carbons (Fsp3) is 0. The van der Waals surface area contributed by atoms with E-state index < -0.39 is 0 Å². The average molecular weight is 566 g/mol. The van der Waals surface area contributed by atoms with Crippen molar-refractivity contribution in [2.24, 2.45) is 0 Å². The lowest BCUT2D eigenvalue weighted by molar-refractivity contribution is 0.642. The lowest BCUT2D eigenvalue weighted by Gasteiger charge is -2.09. The molecule has 0 amide bonds. The molecule has 0 aliphatic heterocycles. The van der Waals surface area contributed by atoms with E-state index in [1.54, 1.807) is 0 Å². The number of para-hydroxylation sites is 4. The van der Waals surface area contributed by atoms with Crippen LogP contribution in [0, 0.1) is 0 Å². The molecule has 5 nitrogen and oxygen atoms in total. The van der Waals surface area contributed by atoms with Crippen molar-refractivity contribution in [3.63, 3.8) is 0 Å². The first-order chi connectivity index (χ1) is 21.8. The number of imidazole rings is 1. The first-order valence-electron chi connectivity index (χ1n) is 14.7. The van der Waals surface area contributed by atoms with Gasteiger partial charge in [0.1, 0.15) is 16.9 Å². The Morgan fingerprint density at radius 2 is 1.16 bits per heavy atom. The van der Waals surface area contributed by atoms with E-state index >= 15 is 0 Å². The van der Waals surface area contributed by atoms with Crippen LogP contribution in [0.3, 0.4) is 0 Å². The topological polar surface area (TPSA) is 48.5 Å². The molecule has 4 aromatic heterocycles. The van der Waals surface area contributed by atoms with Gasteiger partial charge in [-0.1, -0.05) is 84.9 Å². The predicted octanol–water partition coefficient (Wildman–Crippen LogP) is 10.4. The molecule has 0 unspecified atom stereocenters. The standard InChI is InChI=1S/C39H23N3O2/c1-2-10-24(11-3-1)38-37(40-39-42(38)33-15-7-9-17-36(33)44-39)25-18-20-32-29(22-25)27-12-4-6-14-31(27)41(32)26-19-21-35-30(23-26)28-13-5-8-16-34(28)43-35/h1-23H. The van der Waals surface area contributed by atoms with Gasteiger partial charge in [-0.3, -0.25) is 4.40 Å². The molecule has 0 spiro atoms.